The van der Waals surface area contributed by atoms with Gasteiger partial charge in [0.05, 0.1) is 5.52 Å². The van der Waals surface area contributed by atoms with Crippen molar-refractivity contribution in [2.45, 2.75) is 26.4 Å². The number of hydrogen-bond acceptors (Lipinski definition) is 4. The van der Waals surface area contributed by atoms with Gasteiger partial charge in [0.15, 0.2) is 0 Å². The maximum atomic E-state index is 12.7. The van der Waals surface area contributed by atoms with E-state index in [-0.39, 0.29) is 5.56 Å². The second-order valence-electron chi connectivity index (χ2n) is 6.23. The van der Waals surface area contributed by atoms with Gasteiger partial charge in [0, 0.05) is 37.6 Å². The Bertz CT molecular complexity index is 945. The average Bonchev–Trinajstić information content (AvgIpc) is 2.82. The third-order valence-corrected chi connectivity index (χ3v) is 5.87. The fourth-order valence-corrected chi connectivity index (χ4v) is 4.26. The number of benzene rings is 1. The number of aromatic nitrogens is 2. The highest BCUT2D eigenvalue weighted by molar-refractivity contribution is 7.17. The van der Waals surface area contributed by atoms with Crippen LogP contribution in [0.5, 0.6) is 0 Å². The van der Waals surface area contributed by atoms with E-state index >= 15 is 0 Å². The molecule has 0 amide bonds. The second kappa shape index (κ2) is 6.31. The molecule has 1 aromatic carbocycles. The first-order valence-electron chi connectivity index (χ1n) is 8.06. The van der Waals surface area contributed by atoms with Gasteiger partial charge in [-0.05, 0) is 35.6 Å². The molecule has 4 nitrogen and oxygen atoms in total. The van der Waals surface area contributed by atoms with Crippen molar-refractivity contribution in [3.8, 4) is 0 Å². The molecule has 0 saturated carbocycles. The number of nitrogens with zero attached hydrogens (tertiary/aromatic N) is 3. The molecule has 4 rings (SSSR count). The van der Waals surface area contributed by atoms with Crippen molar-refractivity contribution in [2.24, 2.45) is 0 Å². The minimum absolute atomic E-state index is 0.112. The fourth-order valence-electron chi connectivity index (χ4n) is 3.20. The van der Waals surface area contributed by atoms with Crippen molar-refractivity contribution in [3.05, 3.63) is 62.0 Å². The maximum Gasteiger partial charge on any atom is 0.271 e. The third kappa shape index (κ3) is 2.88. The van der Waals surface area contributed by atoms with E-state index in [1.807, 2.05) is 29.0 Å². The largest absolute Gasteiger partial charge is 0.297 e. The Morgan fingerprint density at radius 1 is 1.21 bits per heavy atom. The minimum atomic E-state index is 0.112. The summed E-state index contributed by atoms with van der Waals surface area (Å²) in [7, 11) is 0. The SMILES string of the molecule is Cc1csc2c(=O)n3c(nc12)CCN(Cc1ccc(Cl)cc1)CC3. The summed E-state index contributed by atoms with van der Waals surface area (Å²) in [6.07, 6.45) is 0.800. The van der Waals surface area contributed by atoms with Crippen LogP contribution in [0.15, 0.2) is 34.4 Å². The Labute approximate surface area is 149 Å². The molecule has 3 aromatic rings. The summed E-state index contributed by atoms with van der Waals surface area (Å²) in [4.78, 5) is 19.9. The molecule has 0 aliphatic carbocycles. The zero-order valence-electron chi connectivity index (χ0n) is 13.5. The molecule has 0 unspecified atom stereocenters. The van der Waals surface area contributed by atoms with E-state index in [1.165, 1.54) is 16.9 Å². The van der Waals surface area contributed by atoms with Crippen LogP contribution < -0.4 is 5.56 Å². The van der Waals surface area contributed by atoms with E-state index in [0.29, 0.717) is 6.54 Å². The van der Waals surface area contributed by atoms with Crippen molar-refractivity contribution < 1.29 is 0 Å². The van der Waals surface area contributed by atoms with Crippen molar-refractivity contribution in [1.82, 2.24) is 14.5 Å². The van der Waals surface area contributed by atoms with Crippen molar-refractivity contribution >= 4 is 33.2 Å². The predicted molar refractivity (Wildman–Crippen MR) is 99.1 cm³/mol. The summed E-state index contributed by atoms with van der Waals surface area (Å²) in [5, 5.41) is 2.78. The zero-order valence-corrected chi connectivity index (χ0v) is 15.0. The summed E-state index contributed by atoms with van der Waals surface area (Å²) >= 11 is 7.46. The first-order chi connectivity index (χ1) is 11.6. The lowest BCUT2D eigenvalue weighted by atomic mass is 10.2. The van der Waals surface area contributed by atoms with Gasteiger partial charge in [0.25, 0.3) is 5.56 Å². The number of rotatable bonds is 2. The molecule has 0 N–H and O–H groups in total. The summed E-state index contributed by atoms with van der Waals surface area (Å²) in [5.74, 6) is 0.910. The van der Waals surface area contributed by atoms with Crippen LogP contribution in [0.2, 0.25) is 5.02 Å². The van der Waals surface area contributed by atoms with Gasteiger partial charge in [-0.3, -0.25) is 14.3 Å². The third-order valence-electron chi connectivity index (χ3n) is 4.54. The molecule has 6 heteroatoms. The summed E-state index contributed by atoms with van der Waals surface area (Å²) in [6.45, 7) is 5.34. The first-order valence-corrected chi connectivity index (χ1v) is 9.32. The lowest BCUT2D eigenvalue weighted by Gasteiger charge is -2.19. The Morgan fingerprint density at radius 2 is 2.00 bits per heavy atom. The molecule has 2 aromatic heterocycles. The number of hydrogen-bond donors (Lipinski definition) is 0. The van der Waals surface area contributed by atoms with Crippen molar-refractivity contribution in [1.29, 1.82) is 0 Å². The molecule has 1 aliphatic rings. The van der Waals surface area contributed by atoms with E-state index in [1.54, 1.807) is 0 Å². The molecule has 0 fully saturated rings. The quantitative estimate of drug-likeness (QED) is 0.703. The smallest absolute Gasteiger partial charge is 0.271 e. The van der Waals surface area contributed by atoms with E-state index in [0.717, 1.165) is 52.7 Å². The van der Waals surface area contributed by atoms with Crippen LogP contribution >= 0.6 is 22.9 Å². The highest BCUT2D eigenvalue weighted by Gasteiger charge is 2.19. The van der Waals surface area contributed by atoms with E-state index in [4.69, 9.17) is 16.6 Å². The Hall–Kier alpha value is -1.69. The highest BCUT2D eigenvalue weighted by Crippen LogP contribution is 2.21. The van der Waals surface area contributed by atoms with Gasteiger partial charge < -0.3 is 0 Å². The zero-order chi connectivity index (χ0) is 16.7. The minimum Gasteiger partial charge on any atom is -0.297 e. The second-order valence-corrected chi connectivity index (χ2v) is 7.55. The van der Waals surface area contributed by atoms with E-state index in [9.17, 15) is 4.79 Å². The average molecular weight is 360 g/mol. The van der Waals surface area contributed by atoms with Gasteiger partial charge >= 0.3 is 0 Å². The number of halogens is 1. The molecule has 0 spiro atoms. The van der Waals surface area contributed by atoms with Crippen LogP contribution in [0.1, 0.15) is 17.0 Å². The molecule has 0 atom stereocenters. The van der Waals surface area contributed by atoms with Gasteiger partial charge in [-0.1, -0.05) is 23.7 Å². The Balaban J connectivity index is 1.59. The van der Waals surface area contributed by atoms with Gasteiger partial charge in [-0.15, -0.1) is 11.3 Å². The summed E-state index contributed by atoms with van der Waals surface area (Å²) in [6, 6.07) is 7.97. The molecular formula is C18H18ClN3OS. The van der Waals surface area contributed by atoms with Crippen LogP contribution in [-0.4, -0.2) is 27.5 Å². The maximum absolute atomic E-state index is 12.7. The van der Waals surface area contributed by atoms with Gasteiger partial charge in [-0.2, -0.15) is 0 Å². The van der Waals surface area contributed by atoms with Crippen LogP contribution in [0, 0.1) is 6.92 Å². The number of fused-ring (bicyclic) bond motifs is 2. The van der Waals surface area contributed by atoms with Gasteiger partial charge in [-0.25, -0.2) is 4.98 Å². The van der Waals surface area contributed by atoms with Gasteiger partial charge in [0.1, 0.15) is 10.5 Å². The van der Waals surface area contributed by atoms with Crippen LogP contribution in [0.3, 0.4) is 0 Å². The predicted octanol–water partition coefficient (Wildman–Crippen LogP) is 3.48. The van der Waals surface area contributed by atoms with Crippen molar-refractivity contribution in [2.75, 3.05) is 13.1 Å². The number of aryl methyl sites for hydroxylation is 1. The molecule has 24 heavy (non-hydrogen) atoms. The highest BCUT2D eigenvalue weighted by atomic mass is 35.5. The van der Waals surface area contributed by atoms with Crippen LogP contribution in [0.25, 0.3) is 10.2 Å². The molecule has 1 aliphatic heterocycles. The monoisotopic (exact) mass is 359 g/mol. The molecule has 0 saturated heterocycles. The van der Waals surface area contributed by atoms with E-state index in [2.05, 4.69) is 17.0 Å². The summed E-state index contributed by atoms with van der Waals surface area (Å²) < 4.78 is 2.64. The van der Waals surface area contributed by atoms with Gasteiger partial charge in [0.2, 0.25) is 0 Å². The Morgan fingerprint density at radius 3 is 2.79 bits per heavy atom. The molecule has 124 valence electrons. The molecule has 0 radical (unpaired) electrons. The standard InChI is InChI=1S/C18H18ClN3OS/c1-12-11-24-17-16(12)20-15-6-7-21(8-9-22(15)18(17)23)10-13-2-4-14(19)5-3-13/h2-5,11H,6-10H2,1H3. The van der Waals surface area contributed by atoms with Crippen LogP contribution in [0.4, 0.5) is 0 Å². The topological polar surface area (TPSA) is 38.1 Å². The first kappa shape index (κ1) is 15.8. The molecule has 0 bridgehead atoms. The van der Waals surface area contributed by atoms with E-state index < -0.39 is 0 Å². The summed E-state index contributed by atoms with van der Waals surface area (Å²) in [5.41, 5.74) is 3.32. The fraction of sp³-hybridized carbons (Fsp3) is 0.333. The lowest BCUT2D eigenvalue weighted by Crippen LogP contribution is -2.28. The normalized spacial score (nSPS) is 15.4. The van der Waals surface area contributed by atoms with Crippen molar-refractivity contribution in [3.63, 3.8) is 0 Å². The van der Waals surface area contributed by atoms with Crippen LogP contribution in [-0.2, 0) is 19.5 Å². The number of thiophene rings is 1. The molecule has 3 heterocycles. The lowest BCUT2D eigenvalue weighted by molar-refractivity contribution is 0.271. The Kier molecular flexibility index (Phi) is 4.16. The molecular weight excluding hydrogens is 342 g/mol.